The van der Waals surface area contributed by atoms with Crippen molar-refractivity contribution in [3.05, 3.63) is 52.0 Å². The number of thiophene rings is 1. The van der Waals surface area contributed by atoms with E-state index in [0.29, 0.717) is 17.6 Å². The lowest BCUT2D eigenvalue weighted by molar-refractivity contribution is 1.07. The molecular formula is C15H14ClN3S. The van der Waals surface area contributed by atoms with Gasteiger partial charge in [0.15, 0.2) is 0 Å². The predicted octanol–water partition coefficient (Wildman–Crippen LogP) is 4.52. The Balaban J connectivity index is 1.85. The fourth-order valence-electron chi connectivity index (χ4n) is 1.97. The van der Waals surface area contributed by atoms with E-state index in [0.717, 1.165) is 16.6 Å². The Labute approximate surface area is 126 Å². The minimum Gasteiger partial charge on any atom is -0.350 e. The van der Waals surface area contributed by atoms with Gasteiger partial charge in [0.25, 0.3) is 0 Å². The first-order valence-corrected chi connectivity index (χ1v) is 7.69. The summed E-state index contributed by atoms with van der Waals surface area (Å²) in [5, 5.41) is 4.68. The van der Waals surface area contributed by atoms with Crippen LogP contribution in [0.4, 0.5) is 5.95 Å². The zero-order valence-electron chi connectivity index (χ0n) is 11.1. The molecule has 0 saturated carbocycles. The summed E-state index contributed by atoms with van der Waals surface area (Å²) in [4.78, 5) is 11.1. The van der Waals surface area contributed by atoms with Gasteiger partial charge in [0.1, 0.15) is 9.98 Å². The Morgan fingerprint density at radius 1 is 1.20 bits per heavy atom. The molecule has 0 aliphatic heterocycles. The van der Waals surface area contributed by atoms with E-state index in [4.69, 9.17) is 11.6 Å². The predicted molar refractivity (Wildman–Crippen MR) is 85.6 cm³/mol. The number of hydrogen-bond acceptors (Lipinski definition) is 4. The lowest BCUT2D eigenvalue weighted by atomic mass is 10.2. The molecule has 3 rings (SSSR count). The van der Waals surface area contributed by atoms with Crippen LogP contribution in [0.3, 0.4) is 0 Å². The third-order valence-electron chi connectivity index (χ3n) is 3.04. The first-order chi connectivity index (χ1) is 9.76. The molecule has 0 amide bonds. The van der Waals surface area contributed by atoms with Gasteiger partial charge in [0.05, 0.1) is 0 Å². The molecule has 0 unspecified atom stereocenters. The van der Waals surface area contributed by atoms with E-state index in [1.54, 1.807) is 11.3 Å². The molecule has 0 saturated heterocycles. The molecule has 0 spiro atoms. The second-order valence-corrected chi connectivity index (χ2v) is 5.94. The van der Waals surface area contributed by atoms with E-state index < -0.39 is 0 Å². The Hall–Kier alpha value is -1.65. The Morgan fingerprint density at radius 2 is 2.00 bits per heavy atom. The van der Waals surface area contributed by atoms with Crippen LogP contribution in [0.5, 0.6) is 0 Å². The number of benzene rings is 1. The van der Waals surface area contributed by atoms with Gasteiger partial charge < -0.3 is 5.32 Å². The average molecular weight is 304 g/mol. The fraction of sp³-hybridized carbons (Fsp3) is 0.200. The highest BCUT2D eigenvalue weighted by Gasteiger charge is 2.09. The van der Waals surface area contributed by atoms with Crippen molar-refractivity contribution < 1.29 is 0 Å². The van der Waals surface area contributed by atoms with Crippen molar-refractivity contribution in [3.8, 4) is 0 Å². The first kappa shape index (κ1) is 13.3. The molecule has 0 aliphatic rings. The standard InChI is InChI=1S/C15H14ClN3S/c1-2-11-8-12-13(16)18-15(19-14(12)20-11)17-9-10-6-4-3-5-7-10/h3-8H,2,9H2,1H3,(H,17,18,19). The van der Waals surface area contributed by atoms with Crippen molar-refractivity contribution in [2.75, 3.05) is 5.32 Å². The van der Waals surface area contributed by atoms with Crippen LogP contribution >= 0.6 is 22.9 Å². The molecule has 2 heterocycles. The summed E-state index contributed by atoms with van der Waals surface area (Å²) >= 11 is 7.90. The van der Waals surface area contributed by atoms with E-state index in [1.165, 1.54) is 10.4 Å². The molecule has 0 fully saturated rings. The van der Waals surface area contributed by atoms with E-state index in [1.807, 2.05) is 18.2 Å². The summed E-state index contributed by atoms with van der Waals surface area (Å²) < 4.78 is 0. The Bertz CT molecular complexity index is 725. The maximum atomic E-state index is 6.23. The van der Waals surface area contributed by atoms with Crippen molar-refractivity contribution in [2.45, 2.75) is 19.9 Å². The number of halogens is 1. The molecule has 2 aromatic heterocycles. The molecule has 1 aromatic carbocycles. The van der Waals surface area contributed by atoms with Crippen LogP contribution in [0.15, 0.2) is 36.4 Å². The Morgan fingerprint density at radius 3 is 2.75 bits per heavy atom. The number of nitrogens with one attached hydrogen (secondary N) is 1. The maximum absolute atomic E-state index is 6.23. The van der Waals surface area contributed by atoms with E-state index in [9.17, 15) is 0 Å². The minimum atomic E-state index is 0.515. The third-order valence-corrected chi connectivity index (χ3v) is 4.50. The summed E-state index contributed by atoms with van der Waals surface area (Å²) in [6.07, 6.45) is 0.990. The SMILES string of the molecule is CCc1cc2c(Cl)nc(NCc3ccccc3)nc2s1. The van der Waals surface area contributed by atoms with Crippen molar-refractivity contribution in [2.24, 2.45) is 0 Å². The van der Waals surface area contributed by atoms with E-state index in [2.05, 4.69) is 40.4 Å². The number of aryl methyl sites for hydroxylation is 1. The van der Waals surface area contributed by atoms with Crippen LogP contribution in [0, 0.1) is 0 Å². The highest BCUT2D eigenvalue weighted by Crippen LogP contribution is 2.30. The van der Waals surface area contributed by atoms with Crippen molar-refractivity contribution in [1.82, 2.24) is 9.97 Å². The molecule has 0 aliphatic carbocycles. The topological polar surface area (TPSA) is 37.8 Å². The van der Waals surface area contributed by atoms with Crippen LogP contribution in [0.1, 0.15) is 17.4 Å². The van der Waals surface area contributed by atoms with E-state index in [-0.39, 0.29) is 0 Å². The van der Waals surface area contributed by atoms with Crippen LogP contribution in [0.25, 0.3) is 10.2 Å². The highest BCUT2D eigenvalue weighted by molar-refractivity contribution is 7.18. The normalized spacial score (nSPS) is 10.9. The monoisotopic (exact) mass is 303 g/mol. The highest BCUT2D eigenvalue weighted by atomic mass is 35.5. The number of aromatic nitrogens is 2. The van der Waals surface area contributed by atoms with Crippen LogP contribution in [0.2, 0.25) is 5.15 Å². The maximum Gasteiger partial charge on any atom is 0.225 e. The zero-order valence-corrected chi connectivity index (χ0v) is 12.6. The molecule has 3 aromatic rings. The number of hydrogen-bond donors (Lipinski definition) is 1. The third kappa shape index (κ3) is 2.76. The second kappa shape index (κ2) is 5.77. The lowest BCUT2D eigenvalue weighted by Gasteiger charge is -2.05. The van der Waals surface area contributed by atoms with Crippen LogP contribution in [-0.4, -0.2) is 9.97 Å². The molecule has 1 N–H and O–H groups in total. The number of anilines is 1. The average Bonchev–Trinajstić information content (AvgIpc) is 2.90. The van der Waals surface area contributed by atoms with Crippen molar-refractivity contribution in [3.63, 3.8) is 0 Å². The molecule has 3 nitrogen and oxygen atoms in total. The first-order valence-electron chi connectivity index (χ1n) is 6.50. The van der Waals surface area contributed by atoms with Gasteiger partial charge in [0, 0.05) is 16.8 Å². The number of fused-ring (bicyclic) bond motifs is 1. The van der Waals surface area contributed by atoms with Gasteiger partial charge in [-0.3, -0.25) is 0 Å². The van der Waals surface area contributed by atoms with Gasteiger partial charge in [-0.2, -0.15) is 0 Å². The van der Waals surface area contributed by atoms with Gasteiger partial charge in [-0.1, -0.05) is 48.9 Å². The van der Waals surface area contributed by atoms with Crippen molar-refractivity contribution in [1.29, 1.82) is 0 Å². The summed E-state index contributed by atoms with van der Waals surface area (Å²) in [6.45, 7) is 2.81. The van der Waals surface area contributed by atoms with E-state index >= 15 is 0 Å². The second-order valence-electron chi connectivity index (χ2n) is 4.46. The largest absolute Gasteiger partial charge is 0.350 e. The summed E-state index contributed by atoms with van der Waals surface area (Å²) in [5.74, 6) is 0.579. The molecule has 0 bridgehead atoms. The fourth-order valence-corrected chi connectivity index (χ4v) is 3.21. The molecule has 5 heteroatoms. The Kier molecular flexibility index (Phi) is 3.85. The van der Waals surface area contributed by atoms with Crippen LogP contribution < -0.4 is 5.32 Å². The molecule has 20 heavy (non-hydrogen) atoms. The zero-order chi connectivity index (χ0) is 13.9. The van der Waals surface area contributed by atoms with Gasteiger partial charge in [-0.25, -0.2) is 9.97 Å². The van der Waals surface area contributed by atoms with Gasteiger partial charge in [0.2, 0.25) is 5.95 Å². The summed E-state index contributed by atoms with van der Waals surface area (Å²) in [5.41, 5.74) is 1.19. The number of rotatable bonds is 4. The smallest absolute Gasteiger partial charge is 0.225 e. The molecular weight excluding hydrogens is 290 g/mol. The van der Waals surface area contributed by atoms with Crippen LogP contribution in [-0.2, 0) is 13.0 Å². The van der Waals surface area contributed by atoms with Gasteiger partial charge in [-0.05, 0) is 18.1 Å². The summed E-state index contributed by atoms with van der Waals surface area (Å²) in [7, 11) is 0. The van der Waals surface area contributed by atoms with Crippen molar-refractivity contribution >= 4 is 39.1 Å². The summed E-state index contributed by atoms with van der Waals surface area (Å²) in [6, 6.07) is 12.2. The lowest BCUT2D eigenvalue weighted by Crippen LogP contribution is -2.03. The van der Waals surface area contributed by atoms with Gasteiger partial charge in [-0.15, -0.1) is 11.3 Å². The minimum absolute atomic E-state index is 0.515. The quantitative estimate of drug-likeness (QED) is 0.720. The molecule has 102 valence electrons. The molecule has 0 atom stereocenters. The van der Waals surface area contributed by atoms with Gasteiger partial charge >= 0.3 is 0 Å². The number of nitrogens with zero attached hydrogens (tertiary/aromatic N) is 2. The molecule has 0 radical (unpaired) electrons.